The quantitative estimate of drug-likeness (QED) is 0.418. The number of hydrogen-bond donors (Lipinski definition) is 0. The van der Waals surface area contributed by atoms with E-state index < -0.39 is 0 Å². The van der Waals surface area contributed by atoms with E-state index >= 15 is 0 Å². The monoisotopic (exact) mass is 322 g/mol. The van der Waals surface area contributed by atoms with Gasteiger partial charge in [0.05, 0.1) is 0 Å². The van der Waals surface area contributed by atoms with Gasteiger partial charge in [-0.05, 0) is 29.0 Å². The summed E-state index contributed by atoms with van der Waals surface area (Å²) in [5.74, 6) is 0.892. The van der Waals surface area contributed by atoms with Crippen LogP contribution in [0, 0.1) is 0 Å². The van der Waals surface area contributed by atoms with Gasteiger partial charge in [0, 0.05) is 15.4 Å². The van der Waals surface area contributed by atoms with Crippen LogP contribution in [0.1, 0.15) is 0 Å². The van der Waals surface area contributed by atoms with Crippen LogP contribution >= 0.6 is 15.9 Å². The van der Waals surface area contributed by atoms with E-state index in [9.17, 15) is 0 Å². The molecule has 0 N–H and O–H groups in total. The first-order chi connectivity index (χ1) is 9.83. The van der Waals surface area contributed by atoms with Gasteiger partial charge in [0.2, 0.25) is 0 Å². The van der Waals surface area contributed by atoms with E-state index in [-0.39, 0.29) is 0 Å². The zero-order valence-electron chi connectivity index (χ0n) is 10.6. The molecule has 0 saturated carbocycles. The van der Waals surface area contributed by atoms with E-state index in [1.807, 2.05) is 24.3 Å². The van der Waals surface area contributed by atoms with E-state index in [1.54, 1.807) is 0 Å². The van der Waals surface area contributed by atoms with Crippen molar-refractivity contribution in [2.45, 2.75) is 0 Å². The summed E-state index contributed by atoms with van der Waals surface area (Å²) in [7, 11) is 0. The topological polar surface area (TPSA) is 13.1 Å². The second-order valence-corrected chi connectivity index (χ2v) is 5.64. The first-order valence-corrected chi connectivity index (χ1v) is 7.28. The molecule has 0 aliphatic rings. The van der Waals surface area contributed by atoms with Crippen molar-refractivity contribution in [3.63, 3.8) is 0 Å². The largest absolute Gasteiger partial charge is 0.456 e. The summed E-state index contributed by atoms with van der Waals surface area (Å²) < 4.78 is 7.06. The molecule has 0 aliphatic heterocycles. The Bertz CT molecular complexity index is 921. The molecule has 0 bridgehead atoms. The van der Waals surface area contributed by atoms with Gasteiger partial charge in [-0.2, -0.15) is 0 Å². The molecule has 1 aromatic heterocycles. The summed E-state index contributed by atoms with van der Waals surface area (Å²) in [6, 6.07) is 22.8. The lowest BCUT2D eigenvalue weighted by atomic mass is 10.1. The molecule has 20 heavy (non-hydrogen) atoms. The molecule has 0 amide bonds. The van der Waals surface area contributed by atoms with E-state index in [1.165, 1.54) is 10.8 Å². The van der Waals surface area contributed by atoms with Gasteiger partial charge in [0.25, 0.3) is 0 Å². The van der Waals surface area contributed by atoms with Crippen molar-refractivity contribution >= 4 is 37.7 Å². The standard InChI is InChI=1S/C18H11BrO/c19-16-8-4-3-7-14(16)18-11-15-13-6-2-1-5-12(13)9-10-17(15)20-18/h1-11H. The Balaban J connectivity index is 2.04. The van der Waals surface area contributed by atoms with Gasteiger partial charge in [-0.15, -0.1) is 0 Å². The van der Waals surface area contributed by atoms with Crippen molar-refractivity contribution in [3.8, 4) is 11.3 Å². The highest BCUT2D eigenvalue weighted by Crippen LogP contribution is 2.35. The molecule has 4 aromatic rings. The molecule has 0 saturated heterocycles. The molecule has 3 aromatic carbocycles. The van der Waals surface area contributed by atoms with Crippen LogP contribution in [0.4, 0.5) is 0 Å². The van der Waals surface area contributed by atoms with Gasteiger partial charge in [-0.1, -0.05) is 64.5 Å². The van der Waals surface area contributed by atoms with Crippen molar-refractivity contribution in [2.75, 3.05) is 0 Å². The first-order valence-electron chi connectivity index (χ1n) is 6.49. The van der Waals surface area contributed by atoms with Crippen molar-refractivity contribution in [1.82, 2.24) is 0 Å². The minimum atomic E-state index is 0.892. The minimum absolute atomic E-state index is 0.892. The van der Waals surface area contributed by atoms with Crippen LogP contribution in [0.25, 0.3) is 33.1 Å². The molecule has 96 valence electrons. The highest BCUT2D eigenvalue weighted by molar-refractivity contribution is 9.10. The lowest BCUT2D eigenvalue weighted by Gasteiger charge is -1.98. The van der Waals surface area contributed by atoms with Gasteiger partial charge >= 0.3 is 0 Å². The van der Waals surface area contributed by atoms with Crippen LogP contribution in [0.15, 0.2) is 75.6 Å². The summed E-state index contributed by atoms with van der Waals surface area (Å²) in [5.41, 5.74) is 2.00. The maximum absolute atomic E-state index is 6.01. The average Bonchev–Trinajstić information content (AvgIpc) is 2.92. The number of fused-ring (bicyclic) bond motifs is 3. The van der Waals surface area contributed by atoms with Crippen LogP contribution in [-0.4, -0.2) is 0 Å². The van der Waals surface area contributed by atoms with Crippen molar-refractivity contribution in [2.24, 2.45) is 0 Å². The third kappa shape index (κ3) is 1.76. The summed E-state index contributed by atoms with van der Waals surface area (Å²) in [5, 5.41) is 3.63. The number of rotatable bonds is 1. The highest BCUT2D eigenvalue weighted by atomic mass is 79.9. The van der Waals surface area contributed by atoms with Gasteiger partial charge < -0.3 is 4.42 Å². The smallest absolute Gasteiger partial charge is 0.136 e. The summed E-state index contributed by atoms with van der Waals surface area (Å²) in [6.45, 7) is 0. The molecule has 0 aliphatic carbocycles. The molecular weight excluding hydrogens is 312 g/mol. The predicted octanol–water partition coefficient (Wildman–Crippen LogP) is 6.02. The number of furan rings is 1. The molecular formula is C18H11BrO. The van der Waals surface area contributed by atoms with Crippen LogP contribution in [0.5, 0.6) is 0 Å². The van der Waals surface area contributed by atoms with Gasteiger partial charge in [-0.25, -0.2) is 0 Å². The summed E-state index contributed by atoms with van der Waals surface area (Å²) >= 11 is 3.58. The van der Waals surface area contributed by atoms with Crippen molar-refractivity contribution in [1.29, 1.82) is 0 Å². The summed E-state index contributed by atoms with van der Waals surface area (Å²) in [6.07, 6.45) is 0. The fourth-order valence-corrected chi connectivity index (χ4v) is 3.07. The molecule has 4 rings (SSSR count). The minimum Gasteiger partial charge on any atom is -0.456 e. The lowest BCUT2D eigenvalue weighted by Crippen LogP contribution is -1.74. The molecule has 2 heteroatoms. The number of benzene rings is 3. The predicted molar refractivity (Wildman–Crippen MR) is 86.9 cm³/mol. The Kier molecular flexibility index (Phi) is 2.64. The van der Waals surface area contributed by atoms with Crippen molar-refractivity contribution < 1.29 is 4.42 Å². The Morgan fingerprint density at radius 1 is 0.750 bits per heavy atom. The lowest BCUT2D eigenvalue weighted by molar-refractivity contribution is 0.631. The average molecular weight is 323 g/mol. The SMILES string of the molecule is Brc1ccccc1-c1cc2c(ccc3ccccc32)o1. The number of hydrogen-bond acceptors (Lipinski definition) is 1. The van der Waals surface area contributed by atoms with E-state index in [0.717, 1.165) is 26.8 Å². The molecule has 0 radical (unpaired) electrons. The number of halogens is 1. The van der Waals surface area contributed by atoms with E-state index in [2.05, 4.69) is 58.4 Å². The maximum atomic E-state index is 6.01. The molecule has 0 atom stereocenters. The normalized spacial score (nSPS) is 11.2. The Morgan fingerprint density at radius 2 is 1.55 bits per heavy atom. The molecule has 0 unspecified atom stereocenters. The van der Waals surface area contributed by atoms with E-state index in [4.69, 9.17) is 4.42 Å². The maximum Gasteiger partial charge on any atom is 0.136 e. The van der Waals surface area contributed by atoms with Crippen molar-refractivity contribution in [3.05, 3.63) is 71.2 Å². The fourth-order valence-electron chi connectivity index (χ4n) is 2.59. The zero-order valence-corrected chi connectivity index (χ0v) is 12.2. The van der Waals surface area contributed by atoms with Crippen LogP contribution in [-0.2, 0) is 0 Å². The second kappa shape index (κ2) is 4.50. The summed E-state index contributed by atoms with van der Waals surface area (Å²) in [4.78, 5) is 0. The molecule has 0 spiro atoms. The van der Waals surface area contributed by atoms with E-state index in [0.29, 0.717) is 0 Å². The Morgan fingerprint density at radius 3 is 2.45 bits per heavy atom. The third-order valence-corrected chi connectivity index (χ3v) is 4.26. The van der Waals surface area contributed by atoms with Gasteiger partial charge in [0.1, 0.15) is 11.3 Å². The highest BCUT2D eigenvalue weighted by Gasteiger charge is 2.10. The Hall–Kier alpha value is -2.06. The third-order valence-electron chi connectivity index (χ3n) is 3.57. The molecule has 1 nitrogen and oxygen atoms in total. The molecule has 1 heterocycles. The van der Waals surface area contributed by atoms with Crippen LogP contribution < -0.4 is 0 Å². The zero-order chi connectivity index (χ0) is 13.5. The fraction of sp³-hybridized carbons (Fsp3) is 0. The Labute approximate surface area is 125 Å². The van der Waals surface area contributed by atoms with Crippen LogP contribution in [0.3, 0.4) is 0 Å². The molecule has 0 fully saturated rings. The van der Waals surface area contributed by atoms with Crippen LogP contribution in [0.2, 0.25) is 0 Å². The van der Waals surface area contributed by atoms with Gasteiger partial charge in [-0.3, -0.25) is 0 Å². The van der Waals surface area contributed by atoms with Gasteiger partial charge in [0.15, 0.2) is 0 Å². The first kappa shape index (κ1) is 11.7. The second-order valence-electron chi connectivity index (χ2n) is 4.79.